The molecule has 3 heteroatoms. The second kappa shape index (κ2) is 5.67. The Morgan fingerprint density at radius 3 is 2.35 bits per heavy atom. The molecule has 1 rings (SSSR count). The lowest BCUT2D eigenvalue weighted by Crippen LogP contribution is -2.33. The van der Waals surface area contributed by atoms with Crippen LogP contribution in [0, 0.1) is 5.41 Å². The van der Waals surface area contributed by atoms with Crippen molar-refractivity contribution in [3.63, 3.8) is 0 Å². The van der Waals surface area contributed by atoms with Crippen molar-refractivity contribution in [2.75, 3.05) is 7.11 Å². The molecule has 0 aliphatic heterocycles. The first kappa shape index (κ1) is 14.2. The highest BCUT2D eigenvalue weighted by atomic mass is 79.9. The lowest BCUT2D eigenvalue weighted by Gasteiger charge is -2.32. The quantitative estimate of drug-likeness (QED) is 0.781. The van der Waals surface area contributed by atoms with E-state index in [4.69, 9.17) is 4.74 Å². The Kier molecular flexibility index (Phi) is 4.75. The van der Waals surface area contributed by atoms with Crippen LogP contribution in [0.5, 0.6) is 0 Å². The summed E-state index contributed by atoms with van der Waals surface area (Å²) < 4.78 is 5.97. The highest BCUT2D eigenvalue weighted by Gasteiger charge is 2.38. The van der Waals surface area contributed by atoms with Gasteiger partial charge in [0, 0.05) is 4.47 Å². The second-order valence-electron chi connectivity index (χ2n) is 4.54. The van der Waals surface area contributed by atoms with E-state index in [1.165, 1.54) is 7.11 Å². The molecule has 0 unspecified atom stereocenters. The van der Waals surface area contributed by atoms with Crippen LogP contribution in [0.25, 0.3) is 0 Å². The number of ether oxygens (including phenoxy) is 1. The summed E-state index contributed by atoms with van der Waals surface area (Å²) in [5.74, 6) is -0.0107. The number of hydrogen-bond donors (Lipinski definition) is 0. The van der Waals surface area contributed by atoms with E-state index in [-0.39, 0.29) is 11.9 Å². The van der Waals surface area contributed by atoms with Crippen LogP contribution in [0.4, 0.5) is 0 Å². The van der Waals surface area contributed by atoms with Gasteiger partial charge in [0.15, 0.2) is 0 Å². The zero-order valence-electron chi connectivity index (χ0n) is 10.8. The van der Waals surface area contributed by atoms with Gasteiger partial charge in [0.05, 0.1) is 12.5 Å². The lowest BCUT2D eigenvalue weighted by molar-refractivity contribution is -0.153. The average molecular weight is 299 g/mol. The van der Waals surface area contributed by atoms with E-state index in [9.17, 15) is 4.79 Å². The maximum Gasteiger partial charge on any atom is 0.312 e. The van der Waals surface area contributed by atoms with Gasteiger partial charge in [-0.1, -0.05) is 41.9 Å². The summed E-state index contributed by atoms with van der Waals surface area (Å²) in [5.41, 5.74) is 0.686. The molecule has 0 amide bonds. The minimum atomic E-state index is -0.470. The molecule has 0 radical (unpaired) electrons. The molecule has 0 spiro atoms. The molecule has 17 heavy (non-hydrogen) atoms. The number of esters is 1. The van der Waals surface area contributed by atoms with Crippen molar-refractivity contribution in [2.24, 2.45) is 5.41 Å². The Balaban J connectivity index is 3.04. The van der Waals surface area contributed by atoms with Crippen molar-refractivity contribution in [1.29, 1.82) is 0 Å². The van der Waals surface area contributed by atoms with Crippen LogP contribution in [-0.4, -0.2) is 13.1 Å². The molecule has 0 saturated heterocycles. The molecule has 0 saturated carbocycles. The summed E-state index contributed by atoms with van der Waals surface area (Å²) in [5, 5.41) is 0. The van der Waals surface area contributed by atoms with E-state index in [1.807, 2.05) is 38.1 Å². The molecule has 94 valence electrons. The van der Waals surface area contributed by atoms with Crippen LogP contribution < -0.4 is 0 Å². The fraction of sp³-hybridized carbons (Fsp3) is 0.500. The van der Waals surface area contributed by atoms with Crippen LogP contribution in [0.1, 0.15) is 38.7 Å². The van der Waals surface area contributed by atoms with Crippen molar-refractivity contribution in [2.45, 2.75) is 33.1 Å². The average Bonchev–Trinajstić information content (AvgIpc) is 2.36. The Morgan fingerprint density at radius 2 is 1.94 bits per heavy atom. The third-order valence-corrected chi connectivity index (χ3v) is 4.24. The van der Waals surface area contributed by atoms with Crippen molar-refractivity contribution >= 4 is 21.9 Å². The zero-order valence-corrected chi connectivity index (χ0v) is 12.4. The molecule has 0 aliphatic carbocycles. The fourth-order valence-corrected chi connectivity index (χ4v) is 2.24. The van der Waals surface area contributed by atoms with E-state index in [0.29, 0.717) is 0 Å². The molecule has 0 aliphatic rings. The van der Waals surface area contributed by atoms with Gasteiger partial charge in [-0.3, -0.25) is 4.79 Å². The fourth-order valence-electron chi connectivity index (χ4n) is 1.98. The number of hydrogen-bond acceptors (Lipinski definition) is 2. The highest BCUT2D eigenvalue weighted by Crippen LogP contribution is 2.39. The van der Waals surface area contributed by atoms with Gasteiger partial charge in [0.25, 0.3) is 0 Å². The van der Waals surface area contributed by atoms with Crippen LogP contribution in [-0.2, 0) is 9.53 Å². The van der Waals surface area contributed by atoms with Crippen molar-refractivity contribution in [3.8, 4) is 0 Å². The van der Waals surface area contributed by atoms with Gasteiger partial charge in [-0.15, -0.1) is 0 Å². The van der Waals surface area contributed by atoms with Gasteiger partial charge >= 0.3 is 5.97 Å². The Bertz CT molecular complexity index is 386. The van der Waals surface area contributed by atoms with Gasteiger partial charge in [0.2, 0.25) is 0 Å². The maximum absolute atomic E-state index is 11.9. The normalized spacial score (nSPS) is 16.1. The molecule has 2 nitrogen and oxygen atoms in total. The van der Waals surface area contributed by atoms with Crippen LogP contribution in [0.3, 0.4) is 0 Å². The smallest absolute Gasteiger partial charge is 0.312 e. The molecule has 0 bridgehead atoms. The molecule has 1 aromatic carbocycles. The first-order chi connectivity index (χ1) is 7.95. The van der Waals surface area contributed by atoms with Gasteiger partial charge in [-0.2, -0.15) is 0 Å². The molecule has 2 atom stereocenters. The number of halogens is 1. The van der Waals surface area contributed by atoms with Crippen molar-refractivity contribution in [3.05, 3.63) is 34.3 Å². The van der Waals surface area contributed by atoms with Crippen molar-refractivity contribution in [1.82, 2.24) is 0 Å². The number of carbonyl (C=O) groups is 1. The van der Waals surface area contributed by atoms with E-state index < -0.39 is 5.41 Å². The molecule has 0 fully saturated rings. The molecular formula is C14H19BrO2. The molecular weight excluding hydrogens is 280 g/mol. The largest absolute Gasteiger partial charge is 0.469 e. The minimum Gasteiger partial charge on any atom is -0.469 e. The SMILES string of the molecule is CC[C@](C)(C(=O)OC)[C@H](C)c1ccc(Br)cc1. The molecule has 0 N–H and O–H groups in total. The summed E-state index contributed by atoms with van der Waals surface area (Å²) in [7, 11) is 1.45. The number of carbonyl (C=O) groups excluding carboxylic acids is 1. The van der Waals surface area contributed by atoms with E-state index in [1.54, 1.807) is 0 Å². The van der Waals surface area contributed by atoms with Gasteiger partial charge < -0.3 is 4.74 Å². The number of rotatable bonds is 4. The number of benzene rings is 1. The monoisotopic (exact) mass is 298 g/mol. The Hall–Kier alpha value is -0.830. The topological polar surface area (TPSA) is 26.3 Å². The van der Waals surface area contributed by atoms with Gasteiger partial charge in [-0.25, -0.2) is 0 Å². The molecule has 0 aromatic heterocycles. The Morgan fingerprint density at radius 1 is 1.41 bits per heavy atom. The van der Waals surface area contributed by atoms with Crippen LogP contribution in [0.2, 0.25) is 0 Å². The third kappa shape index (κ3) is 2.89. The van der Waals surface area contributed by atoms with E-state index in [0.717, 1.165) is 16.5 Å². The first-order valence-corrected chi connectivity index (χ1v) is 6.59. The summed E-state index contributed by atoms with van der Waals surface area (Å²) in [6.07, 6.45) is 0.761. The first-order valence-electron chi connectivity index (χ1n) is 5.79. The predicted molar refractivity (Wildman–Crippen MR) is 73.0 cm³/mol. The standard InChI is InChI=1S/C14H19BrO2/c1-5-14(3,13(16)17-4)10(2)11-6-8-12(15)9-7-11/h6-10H,5H2,1-4H3/t10-,14+/m1/s1. The van der Waals surface area contributed by atoms with Crippen LogP contribution in [0.15, 0.2) is 28.7 Å². The van der Waals surface area contributed by atoms with Gasteiger partial charge in [-0.05, 0) is 37.0 Å². The minimum absolute atomic E-state index is 0.132. The molecule has 0 heterocycles. The zero-order chi connectivity index (χ0) is 13.1. The maximum atomic E-state index is 11.9. The third-order valence-electron chi connectivity index (χ3n) is 3.71. The summed E-state index contributed by atoms with van der Waals surface area (Å²) in [6.45, 7) is 6.06. The van der Waals surface area contributed by atoms with E-state index >= 15 is 0 Å². The summed E-state index contributed by atoms with van der Waals surface area (Å²) >= 11 is 3.41. The Labute approximate surface area is 111 Å². The van der Waals surface area contributed by atoms with E-state index in [2.05, 4.69) is 22.9 Å². The lowest BCUT2D eigenvalue weighted by atomic mass is 9.72. The molecule has 1 aromatic rings. The second-order valence-corrected chi connectivity index (χ2v) is 5.45. The van der Waals surface area contributed by atoms with Gasteiger partial charge in [0.1, 0.15) is 0 Å². The van der Waals surface area contributed by atoms with Crippen molar-refractivity contribution < 1.29 is 9.53 Å². The highest BCUT2D eigenvalue weighted by molar-refractivity contribution is 9.10. The van der Waals surface area contributed by atoms with Crippen LogP contribution >= 0.6 is 15.9 Å². The predicted octanol–water partition coefficient (Wildman–Crippen LogP) is 4.14. The number of methoxy groups -OCH3 is 1. The summed E-state index contributed by atoms with van der Waals surface area (Å²) in [4.78, 5) is 11.9. The summed E-state index contributed by atoms with van der Waals surface area (Å²) in [6, 6.07) is 8.09.